The van der Waals surface area contributed by atoms with E-state index in [-0.39, 0.29) is 41.6 Å². The van der Waals surface area contributed by atoms with Crippen LogP contribution in [0.4, 0.5) is 0 Å². The van der Waals surface area contributed by atoms with Crippen LogP contribution in [0.1, 0.15) is 83.3 Å². The number of esters is 1. The number of benzene rings is 1. The number of aliphatic hydroxyl groups is 1. The van der Waals surface area contributed by atoms with Crippen molar-refractivity contribution in [1.29, 1.82) is 0 Å². The molecule has 3 saturated heterocycles. The number of hydrogen-bond donors (Lipinski definition) is 2. The minimum Gasteiger partial charge on any atom is -0.455 e. The summed E-state index contributed by atoms with van der Waals surface area (Å²) in [5.41, 5.74) is -0.581. The standard InChI is InChI=1S/C37H50BrN3O7/c1-5-8-19-28(43)39-23(4)31(24-15-11-9-12-16-24)47-36(46)29-30-34(44)41(25(7-3)22-42)33(37(30)21-27(38)32(29)48-37)35(45)40(20-6-2)26-17-13-10-14-18-26/h5-6,9,11-12,15-16,23,25-27,29-33,42H,1-2,7-8,10,13-14,17-22H2,3-4H3,(H,39,43)/t23-,25+,27?,29-,30+,31-,32-,33-,37+/m1/s1. The summed E-state index contributed by atoms with van der Waals surface area (Å²) in [5, 5.41) is 13.4. The van der Waals surface area contributed by atoms with Gasteiger partial charge in [-0.05, 0) is 44.6 Å². The van der Waals surface area contributed by atoms with E-state index in [2.05, 4.69) is 34.4 Å². The minimum atomic E-state index is -1.28. The number of likely N-dealkylation sites (tertiary alicyclic amines) is 1. The van der Waals surface area contributed by atoms with Gasteiger partial charge in [0.25, 0.3) is 0 Å². The van der Waals surface area contributed by atoms with Crippen LogP contribution in [-0.2, 0) is 28.7 Å². The monoisotopic (exact) mass is 727 g/mol. The maximum atomic E-state index is 14.8. The number of fused-ring (bicyclic) bond motifs is 1. The van der Waals surface area contributed by atoms with E-state index in [0.717, 1.165) is 32.1 Å². The van der Waals surface area contributed by atoms with Gasteiger partial charge in [0.1, 0.15) is 17.7 Å². The maximum Gasteiger partial charge on any atom is 0.313 e. The molecular formula is C37H50BrN3O7. The third kappa shape index (κ3) is 6.74. The highest BCUT2D eigenvalue weighted by Crippen LogP contribution is 2.61. The Balaban J connectivity index is 1.50. The third-order valence-corrected chi connectivity index (χ3v) is 11.6. The smallest absolute Gasteiger partial charge is 0.313 e. The molecule has 1 aromatic carbocycles. The van der Waals surface area contributed by atoms with Crippen molar-refractivity contribution in [2.24, 2.45) is 11.8 Å². The molecule has 1 spiro atoms. The van der Waals surface area contributed by atoms with Crippen LogP contribution in [0.2, 0.25) is 0 Å². The second-order valence-corrected chi connectivity index (χ2v) is 14.9. The lowest BCUT2D eigenvalue weighted by atomic mass is 9.70. The second-order valence-electron chi connectivity index (χ2n) is 13.7. The van der Waals surface area contributed by atoms with Crippen LogP contribution in [0, 0.1) is 11.8 Å². The molecule has 5 rings (SSSR count). The Morgan fingerprint density at radius 3 is 2.52 bits per heavy atom. The number of carbonyl (C=O) groups excluding carboxylic acids is 4. The molecule has 2 N–H and O–H groups in total. The number of carbonyl (C=O) groups is 4. The average molecular weight is 729 g/mol. The predicted molar refractivity (Wildman–Crippen MR) is 185 cm³/mol. The molecule has 1 aromatic rings. The summed E-state index contributed by atoms with van der Waals surface area (Å²) in [6, 6.07) is 7.00. The number of nitrogens with one attached hydrogen (secondary N) is 1. The van der Waals surface area contributed by atoms with Gasteiger partial charge in [-0.2, -0.15) is 0 Å². The topological polar surface area (TPSA) is 125 Å². The van der Waals surface area contributed by atoms with Crippen molar-refractivity contribution in [3.05, 3.63) is 61.2 Å². The zero-order valence-electron chi connectivity index (χ0n) is 28.1. The van der Waals surface area contributed by atoms with Gasteiger partial charge >= 0.3 is 5.97 Å². The summed E-state index contributed by atoms with van der Waals surface area (Å²) in [6.45, 7) is 11.3. The first kappa shape index (κ1) is 36.3. The van der Waals surface area contributed by atoms with Gasteiger partial charge in [-0.25, -0.2) is 0 Å². The van der Waals surface area contributed by atoms with E-state index < -0.39 is 53.7 Å². The van der Waals surface area contributed by atoms with Gasteiger partial charge in [-0.3, -0.25) is 19.2 Å². The number of allylic oxidation sites excluding steroid dienone is 1. The van der Waals surface area contributed by atoms with E-state index in [1.165, 1.54) is 4.90 Å². The highest BCUT2D eigenvalue weighted by Gasteiger charge is 2.77. The zero-order valence-corrected chi connectivity index (χ0v) is 29.7. The first-order valence-corrected chi connectivity index (χ1v) is 18.4. The number of hydrogen-bond acceptors (Lipinski definition) is 7. The van der Waals surface area contributed by atoms with Crippen molar-refractivity contribution < 1.29 is 33.8 Å². The van der Waals surface area contributed by atoms with Crippen LogP contribution >= 0.6 is 15.9 Å². The van der Waals surface area contributed by atoms with Crippen LogP contribution < -0.4 is 5.32 Å². The van der Waals surface area contributed by atoms with Crippen LogP contribution in [-0.4, -0.2) is 92.4 Å². The fraction of sp³-hybridized carbons (Fsp3) is 0.622. The highest BCUT2D eigenvalue weighted by atomic mass is 79.9. The lowest BCUT2D eigenvalue weighted by Crippen LogP contribution is -2.60. The molecule has 1 unspecified atom stereocenters. The van der Waals surface area contributed by atoms with E-state index in [1.807, 2.05) is 42.2 Å². The molecule has 0 aromatic heterocycles. The normalized spacial score (nSPS) is 29.9. The summed E-state index contributed by atoms with van der Waals surface area (Å²) in [7, 11) is 0. The Labute approximate surface area is 292 Å². The van der Waals surface area contributed by atoms with Crippen LogP contribution in [0.15, 0.2) is 55.6 Å². The van der Waals surface area contributed by atoms with Gasteiger partial charge in [-0.15, -0.1) is 13.2 Å². The number of alkyl halides is 1. The first-order valence-electron chi connectivity index (χ1n) is 17.4. The first-order chi connectivity index (χ1) is 23.1. The summed E-state index contributed by atoms with van der Waals surface area (Å²) < 4.78 is 13.0. The molecule has 3 aliphatic heterocycles. The van der Waals surface area contributed by atoms with Gasteiger partial charge in [-0.1, -0.05) is 84.6 Å². The molecule has 3 amide bonds. The van der Waals surface area contributed by atoms with E-state index in [1.54, 1.807) is 19.1 Å². The lowest BCUT2D eigenvalue weighted by molar-refractivity contribution is -0.162. The largest absolute Gasteiger partial charge is 0.455 e. The van der Waals surface area contributed by atoms with Crippen molar-refractivity contribution in [1.82, 2.24) is 15.1 Å². The van der Waals surface area contributed by atoms with Crippen LogP contribution in [0.5, 0.6) is 0 Å². The van der Waals surface area contributed by atoms with Crippen molar-refractivity contribution in [2.45, 2.75) is 118 Å². The molecule has 1 aliphatic carbocycles. The minimum absolute atomic E-state index is 0.0137. The second kappa shape index (κ2) is 15.7. The molecule has 3 heterocycles. The molecule has 0 radical (unpaired) electrons. The molecular weight excluding hydrogens is 678 g/mol. The molecule has 2 bridgehead atoms. The summed E-state index contributed by atoms with van der Waals surface area (Å²) >= 11 is 3.75. The molecule has 4 fully saturated rings. The Hall–Kier alpha value is -3.02. The van der Waals surface area contributed by atoms with Gasteiger partial charge in [0.05, 0.1) is 36.6 Å². The van der Waals surface area contributed by atoms with Crippen molar-refractivity contribution in [3.8, 4) is 0 Å². The van der Waals surface area contributed by atoms with E-state index in [4.69, 9.17) is 9.47 Å². The van der Waals surface area contributed by atoms with Crippen molar-refractivity contribution in [2.75, 3.05) is 13.2 Å². The number of amides is 3. The number of nitrogens with zero attached hydrogens (tertiary/aromatic N) is 2. The number of rotatable bonds is 15. The molecule has 48 heavy (non-hydrogen) atoms. The molecule has 11 heteroatoms. The van der Waals surface area contributed by atoms with Gasteiger partial charge in [0, 0.05) is 23.8 Å². The van der Waals surface area contributed by atoms with Gasteiger partial charge < -0.3 is 29.7 Å². The average Bonchev–Trinajstić information content (AvgIpc) is 3.69. The van der Waals surface area contributed by atoms with E-state index in [9.17, 15) is 24.3 Å². The van der Waals surface area contributed by atoms with E-state index >= 15 is 0 Å². The fourth-order valence-electron chi connectivity index (χ4n) is 8.47. The lowest BCUT2D eigenvalue weighted by Gasteiger charge is -2.42. The Kier molecular flexibility index (Phi) is 11.8. The van der Waals surface area contributed by atoms with Gasteiger partial charge in [0.2, 0.25) is 17.7 Å². The third-order valence-electron chi connectivity index (χ3n) is 10.7. The van der Waals surface area contributed by atoms with Crippen LogP contribution in [0.3, 0.4) is 0 Å². The van der Waals surface area contributed by atoms with E-state index in [0.29, 0.717) is 31.4 Å². The molecule has 9 atom stereocenters. The zero-order chi connectivity index (χ0) is 34.6. The number of ether oxygens (including phenoxy) is 2. The summed E-state index contributed by atoms with van der Waals surface area (Å²) in [4.78, 5) is 59.5. The maximum absolute atomic E-state index is 14.8. The van der Waals surface area contributed by atoms with Crippen molar-refractivity contribution in [3.63, 3.8) is 0 Å². The quantitative estimate of drug-likeness (QED) is 0.154. The fourth-order valence-corrected chi connectivity index (χ4v) is 9.41. The Morgan fingerprint density at radius 2 is 1.90 bits per heavy atom. The summed E-state index contributed by atoms with van der Waals surface area (Å²) in [5.74, 6) is -3.37. The molecule has 1 saturated carbocycles. The van der Waals surface area contributed by atoms with Gasteiger partial charge in [0.15, 0.2) is 0 Å². The summed E-state index contributed by atoms with van der Waals surface area (Å²) in [6.07, 6.45) is 8.31. The molecule has 262 valence electrons. The van der Waals surface area contributed by atoms with Crippen molar-refractivity contribution >= 4 is 39.6 Å². The predicted octanol–water partition coefficient (Wildman–Crippen LogP) is 4.61. The SMILES string of the molecule is C=CCCC(=O)N[C@H](C)[C@@H](OC(=O)[C@H]1[C@@H]2O[C@@]3(CC2Br)[C@@H]1C(=O)N([C@@H](CC)CO)[C@@H]3C(=O)N(CC=C)C1CCCCC1)c1ccccc1. The van der Waals surface area contributed by atoms with Crippen LogP contribution in [0.25, 0.3) is 0 Å². The molecule has 4 aliphatic rings. The highest BCUT2D eigenvalue weighted by molar-refractivity contribution is 9.09. The Morgan fingerprint density at radius 1 is 1.19 bits per heavy atom. The number of halogens is 1. The number of aliphatic hydroxyl groups excluding tert-OH is 1. The Bertz CT molecular complexity index is 1350. The molecule has 10 nitrogen and oxygen atoms in total.